The van der Waals surface area contributed by atoms with E-state index in [-0.39, 0.29) is 0 Å². The van der Waals surface area contributed by atoms with Crippen LogP contribution in [0.2, 0.25) is 0 Å². The normalized spacial score (nSPS) is 10.1. The van der Waals surface area contributed by atoms with Crippen molar-refractivity contribution in [1.82, 2.24) is 0 Å². The number of para-hydroxylation sites is 2. The van der Waals surface area contributed by atoms with Crippen molar-refractivity contribution in [2.75, 3.05) is 4.90 Å². The summed E-state index contributed by atoms with van der Waals surface area (Å²) in [5.74, 6) is 2.70. The molecule has 0 aliphatic rings. The molecule has 24 heavy (non-hydrogen) atoms. The minimum absolute atomic E-state index is 0.835. The quantitative estimate of drug-likeness (QED) is 0.392. The second kappa shape index (κ2) is 8.04. The van der Waals surface area contributed by atoms with Crippen LogP contribution in [0.15, 0.2) is 84.9 Å². The van der Waals surface area contributed by atoms with Gasteiger partial charge < -0.3 is 4.90 Å². The number of hydrogen-bond donors (Lipinski definition) is 0. The molecule has 0 saturated carbocycles. The van der Waals surface area contributed by atoms with Gasteiger partial charge in [0.2, 0.25) is 0 Å². The van der Waals surface area contributed by atoms with Crippen LogP contribution in [0, 0.1) is 12.3 Å². The van der Waals surface area contributed by atoms with Crippen LogP contribution < -0.4 is 4.90 Å². The summed E-state index contributed by atoms with van der Waals surface area (Å²) in [6.45, 7) is 0. The van der Waals surface area contributed by atoms with Crippen LogP contribution in [-0.4, -0.2) is 0 Å². The molecule has 0 atom stereocenters. The lowest BCUT2D eigenvalue weighted by molar-refractivity contribution is 0.858. The lowest BCUT2D eigenvalue weighted by atomic mass is 10.1. The first kappa shape index (κ1) is 15.9. The molecule has 0 amide bonds. The van der Waals surface area contributed by atoms with E-state index >= 15 is 0 Å². The molecule has 118 valence electrons. The first-order valence-electron chi connectivity index (χ1n) is 8.31. The lowest BCUT2D eigenvalue weighted by Crippen LogP contribution is -2.09. The van der Waals surface area contributed by atoms with E-state index in [1.165, 1.54) is 5.56 Å². The highest BCUT2D eigenvalue weighted by atomic mass is 15.1. The zero-order chi connectivity index (χ0) is 16.6. The zero-order valence-corrected chi connectivity index (χ0v) is 13.7. The van der Waals surface area contributed by atoms with Crippen molar-refractivity contribution in [2.24, 2.45) is 0 Å². The first-order chi connectivity index (χ1) is 11.9. The second-order valence-electron chi connectivity index (χ2n) is 5.73. The van der Waals surface area contributed by atoms with Crippen molar-refractivity contribution >= 4 is 17.1 Å². The Bertz CT molecular complexity index is 743. The predicted octanol–water partition coefficient (Wildman–Crippen LogP) is 6.11. The highest BCUT2D eigenvalue weighted by Crippen LogP contribution is 2.34. The molecular formula is C23H21N. The highest BCUT2D eigenvalue weighted by molar-refractivity contribution is 5.76. The zero-order valence-electron chi connectivity index (χ0n) is 13.7. The van der Waals surface area contributed by atoms with Gasteiger partial charge in [0.15, 0.2) is 0 Å². The molecule has 0 aliphatic carbocycles. The van der Waals surface area contributed by atoms with E-state index in [9.17, 15) is 0 Å². The number of hydrogen-bond acceptors (Lipinski definition) is 1. The molecule has 0 fully saturated rings. The molecule has 3 aromatic rings. The smallest absolute Gasteiger partial charge is 0.0461 e. The topological polar surface area (TPSA) is 3.24 Å². The van der Waals surface area contributed by atoms with Gasteiger partial charge in [0.25, 0.3) is 0 Å². The van der Waals surface area contributed by atoms with Crippen molar-refractivity contribution in [3.8, 4) is 12.3 Å². The minimum Gasteiger partial charge on any atom is -0.311 e. The van der Waals surface area contributed by atoms with Crippen molar-refractivity contribution < 1.29 is 0 Å². The summed E-state index contributed by atoms with van der Waals surface area (Å²) >= 11 is 0. The molecule has 0 bridgehead atoms. The minimum atomic E-state index is 0.835. The maximum atomic E-state index is 5.33. The van der Waals surface area contributed by atoms with E-state index in [4.69, 9.17) is 6.42 Å². The van der Waals surface area contributed by atoms with Gasteiger partial charge >= 0.3 is 0 Å². The second-order valence-corrected chi connectivity index (χ2v) is 5.73. The number of anilines is 3. The summed E-state index contributed by atoms with van der Waals surface area (Å²) in [6.07, 6.45) is 8.23. The third-order valence-corrected chi connectivity index (χ3v) is 4.01. The Balaban J connectivity index is 1.90. The summed E-state index contributed by atoms with van der Waals surface area (Å²) in [6, 6.07) is 29.7. The molecule has 0 spiro atoms. The van der Waals surface area contributed by atoms with E-state index in [1.807, 2.05) is 12.1 Å². The number of nitrogens with zero attached hydrogens (tertiary/aromatic N) is 1. The van der Waals surface area contributed by atoms with E-state index in [2.05, 4.69) is 83.6 Å². The van der Waals surface area contributed by atoms with E-state index in [0.29, 0.717) is 0 Å². The molecule has 1 heteroatoms. The fraction of sp³-hybridized carbons (Fsp3) is 0.130. The number of aryl methyl sites for hydroxylation is 1. The maximum absolute atomic E-state index is 5.33. The molecule has 0 saturated heterocycles. The van der Waals surface area contributed by atoms with Gasteiger partial charge in [0.1, 0.15) is 0 Å². The Morgan fingerprint density at radius 1 is 0.667 bits per heavy atom. The number of terminal acetylenes is 1. The highest BCUT2D eigenvalue weighted by Gasteiger charge is 2.11. The van der Waals surface area contributed by atoms with Crippen molar-refractivity contribution in [3.63, 3.8) is 0 Å². The Morgan fingerprint density at radius 3 is 1.67 bits per heavy atom. The molecular weight excluding hydrogens is 290 g/mol. The molecule has 3 rings (SSSR count). The van der Waals surface area contributed by atoms with Crippen LogP contribution in [0.1, 0.15) is 18.4 Å². The van der Waals surface area contributed by atoms with Crippen LogP contribution in [0.25, 0.3) is 0 Å². The van der Waals surface area contributed by atoms with Gasteiger partial charge in [-0.05, 0) is 54.8 Å². The van der Waals surface area contributed by atoms with E-state index < -0.39 is 0 Å². The van der Waals surface area contributed by atoms with Crippen LogP contribution in [0.3, 0.4) is 0 Å². The molecule has 0 heterocycles. The third-order valence-electron chi connectivity index (χ3n) is 4.01. The lowest BCUT2D eigenvalue weighted by Gasteiger charge is -2.25. The number of rotatable bonds is 6. The van der Waals surface area contributed by atoms with Gasteiger partial charge in [0.05, 0.1) is 0 Å². The summed E-state index contributed by atoms with van der Waals surface area (Å²) in [7, 11) is 0. The van der Waals surface area contributed by atoms with Crippen molar-refractivity contribution in [2.45, 2.75) is 19.3 Å². The van der Waals surface area contributed by atoms with E-state index in [1.54, 1.807) is 0 Å². The number of benzene rings is 3. The largest absolute Gasteiger partial charge is 0.311 e. The monoisotopic (exact) mass is 311 g/mol. The SMILES string of the molecule is C#CCCCc1ccc(N(c2ccccc2)c2ccccc2)cc1. The maximum Gasteiger partial charge on any atom is 0.0461 e. The van der Waals surface area contributed by atoms with Gasteiger partial charge in [-0.3, -0.25) is 0 Å². The Kier molecular flexibility index (Phi) is 5.32. The Hall–Kier alpha value is -2.98. The average molecular weight is 311 g/mol. The average Bonchev–Trinajstić information content (AvgIpc) is 2.65. The fourth-order valence-electron chi connectivity index (χ4n) is 2.81. The molecule has 0 aromatic heterocycles. The van der Waals surface area contributed by atoms with Gasteiger partial charge in [-0.15, -0.1) is 12.3 Å². The van der Waals surface area contributed by atoms with Gasteiger partial charge in [-0.2, -0.15) is 0 Å². The summed E-state index contributed by atoms with van der Waals surface area (Å²) in [4.78, 5) is 2.27. The third kappa shape index (κ3) is 3.86. The first-order valence-corrected chi connectivity index (χ1v) is 8.31. The van der Waals surface area contributed by atoms with Crippen molar-refractivity contribution in [1.29, 1.82) is 0 Å². The van der Waals surface area contributed by atoms with Gasteiger partial charge in [0, 0.05) is 23.5 Å². The van der Waals surface area contributed by atoms with Crippen LogP contribution >= 0.6 is 0 Å². The van der Waals surface area contributed by atoms with Crippen LogP contribution in [0.5, 0.6) is 0 Å². The number of unbranched alkanes of at least 4 members (excludes halogenated alkanes) is 1. The molecule has 0 N–H and O–H groups in total. The van der Waals surface area contributed by atoms with Gasteiger partial charge in [-0.1, -0.05) is 48.5 Å². The van der Waals surface area contributed by atoms with Crippen LogP contribution in [-0.2, 0) is 6.42 Å². The standard InChI is InChI=1S/C23H21N/c1-2-3-6-11-20-16-18-23(19-17-20)24(21-12-7-4-8-13-21)22-14-9-5-10-15-22/h1,4-5,7-10,12-19H,3,6,11H2. The van der Waals surface area contributed by atoms with Gasteiger partial charge in [-0.25, -0.2) is 0 Å². The van der Waals surface area contributed by atoms with Crippen LogP contribution in [0.4, 0.5) is 17.1 Å². The molecule has 0 aliphatic heterocycles. The molecule has 3 aromatic carbocycles. The summed E-state index contributed by atoms with van der Waals surface area (Å²) < 4.78 is 0. The molecule has 0 radical (unpaired) electrons. The fourth-order valence-corrected chi connectivity index (χ4v) is 2.81. The molecule has 0 unspecified atom stereocenters. The Morgan fingerprint density at radius 2 is 1.17 bits per heavy atom. The predicted molar refractivity (Wildman–Crippen MR) is 103 cm³/mol. The summed E-state index contributed by atoms with van der Waals surface area (Å²) in [5, 5.41) is 0. The molecule has 1 nitrogen and oxygen atoms in total. The summed E-state index contributed by atoms with van der Waals surface area (Å²) in [5.41, 5.74) is 4.80. The Labute approximate surface area is 144 Å². The van der Waals surface area contributed by atoms with E-state index in [0.717, 1.165) is 36.3 Å². The van der Waals surface area contributed by atoms with Crippen molar-refractivity contribution in [3.05, 3.63) is 90.5 Å².